The number of piperazine rings is 1. The number of amides is 1. The van der Waals surface area contributed by atoms with Gasteiger partial charge in [-0.25, -0.2) is 14.8 Å². The van der Waals surface area contributed by atoms with Crippen molar-refractivity contribution in [1.29, 1.82) is 5.26 Å². The number of likely N-dealkylation sites (N-methyl/N-ethyl adjacent to an activating group) is 1. The lowest BCUT2D eigenvalue weighted by Crippen LogP contribution is -2.59. The number of rotatable bonds is 7. The molecule has 0 bridgehead atoms. The molecule has 0 radical (unpaired) electrons. The normalized spacial score (nSPS) is 24.4. The third kappa shape index (κ3) is 8.65. The minimum absolute atomic E-state index is 0.0430. The smallest absolute Gasteiger partial charge is 0.410 e. The number of nitriles is 1. The van der Waals surface area contributed by atoms with Gasteiger partial charge in [0.2, 0.25) is 11.7 Å². The first-order valence-electron chi connectivity index (χ1n) is 17.9. The largest absolute Gasteiger partial charge is 0.473 e. The molecule has 2 aromatic rings. The average molecular weight is 717 g/mol. The Bertz CT molecular complexity index is 1750. The summed E-state index contributed by atoms with van der Waals surface area (Å²) in [6.07, 6.45) is 5.74. The predicted octanol–water partition coefficient (Wildman–Crippen LogP) is 5.81. The maximum absolute atomic E-state index is 13.9. The molecule has 2 aromatic heterocycles. The fraction of sp³-hybridized carbons (Fsp3) is 0.632. The molecular weight excluding hydrogens is 665 g/mol. The van der Waals surface area contributed by atoms with Crippen LogP contribution in [0.3, 0.4) is 0 Å². The van der Waals surface area contributed by atoms with E-state index in [1.807, 2.05) is 67.5 Å². The number of anilines is 1. The molecule has 4 heterocycles. The van der Waals surface area contributed by atoms with Crippen LogP contribution < -0.4 is 9.64 Å². The second-order valence-corrected chi connectivity index (χ2v) is 16.6. The number of thiophene rings is 1. The first-order valence-corrected chi connectivity index (χ1v) is 18.7. The minimum Gasteiger partial charge on any atom is -0.473 e. The lowest BCUT2D eigenvalue weighted by atomic mass is 9.73. The van der Waals surface area contributed by atoms with Gasteiger partial charge in [-0.3, -0.25) is 14.6 Å². The summed E-state index contributed by atoms with van der Waals surface area (Å²) in [4.78, 5) is 50.0. The Balaban J connectivity index is 1.47. The van der Waals surface area contributed by atoms with Gasteiger partial charge in [-0.1, -0.05) is 5.92 Å². The highest BCUT2D eigenvalue weighted by Crippen LogP contribution is 2.47. The van der Waals surface area contributed by atoms with E-state index in [-0.39, 0.29) is 36.1 Å². The average Bonchev–Trinajstić information content (AvgIpc) is 3.65. The van der Waals surface area contributed by atoms with Gasteiger partial charge in [-0.15, -0.1) is 11.3 Å². The van der Waals surface area contributed by atoms with Gasteiger partial charge in [0.15, 0.2) is 0 Å². The van der Waals surface area contributed by atoms with Crippen molar-refractivity contribution in [2.75, 3.05) is 45.7 Å². The molecular formula is C38H52N8O4S. The van der Waals surface area contributed by atoms with Gasteiger partial charge >= 0.3 is 6.09 Å². The van der Waals surface area contributed by atoms with Crippen LogP contribution in [0.5, 0.6) is 5.88 Å². The SMILES string of the molecule is C[C@H](Oc1cc(N2C[C@@H](C)N(C(=O)OC(C)(C)C)[C@@H](C)C2)nc(C(=O)C#C[C@@]2(C)CCCc3sc(N=CN(C)C)c(C#N)c32)n1)[C@@H]1CCCN1C. The van der Waals surface area contributed by atoms with E-state index in [1.165, 1.54) is 11.3 Å². The van der Waals surface area contributed by atoms with E-state index in [4.69, 9.17) is 14.5 Å². The lowest BCUT2D eigenvalue weighted by molar-refractivity contribution is 0.00557. The van der Waals surface area contributed by atoms with Gasteiger partial charge in [-0.05, 0) is 100 Å². The van der Waals surface area contributed by atoms with E-state index in [2.05, 4.69) is 44.7 Å². The van der Waals surface area contributed by atoms with Crippen molar-refractivity contribution in [3.05, 3.63) is 27.9 Å². The van der Waals surface area contributed by atoms with Crippen molar-refractivity contribution >= 4 is 40.4 Å². The second kappa shape index (κ2) is 15.2. The number of fused-ring (bicyclic) bond motifs is 1. The van der Waals surface area contributed by atoms with Crippen LogP contribution in [-0.4, -0.2) is 113 Å². The molecule has 2 aliphatic heterocycles. The molecule has 3 aliphatic rings. The molecule has 13 heteroatoms. The molecule has 0 spiro atoms. The number of aryl methyl sites for hydroxylation is 1. The zero-order valence-corrected chi connectivity index (χ0v) is 32.6. The van der Waals surface area contributed by atoms with Crippen molar-refractivity contribution in [1.82, 2.24) is 24.7 Å². The Labute approximate surface area is 306 Å². The Hall–Kier alpha value is -4.20. The maximum atomic E-state index is 13.9. The summed E-state index contributed by atoms with van der Waals surface area (Å²) in [7, 11) is 5.87. The predicted molar refractivity (Wildman–Crippen MR) is 200 cm³/mol. The highest BCUT2D eigenvalue weighted by Gasteiger charge is 2.38. The maximum Gasteiger partial charge on any atom is 0.410 e. The number of carbonyl (C=O) groups excluding carboxylic acids is 2. The lowest BCUT2D eigenvalue weighted by Gasteiger charge is -2.44. The number of ether oxygens (including phenoxy) is 2. The van der Waals surface area contributed by atoms with Gasteiger partial charge < -0.3 is 19.3 Å². The Kier molecular flexibility index (Phi) is 11.3. The van der Waals surface area contributed by atoms with Crippen molar-refractivity contribution in [3.63, 3.8) is 0 Å². The van der Waals surface area contributed by atoms with Crippen LogP contribution in [0.2, 0.25) is 0 Å². The molecule has 0 N–H and O–H groups in total. The Morgan fingerprint density at radius 2 is 1.90 bits per heavy atom. The van der Waals surface area contributed by atoms with E-state index >= 15 is 0 Å². The van der Waals surface area contributed by atoms with Crippen LogP contribution in [0.4, 0.5) is 15.6 Å². The first kappa shape index (κ1) is 38.0. The highest BCUT2D eigenvalue weighted by atomic mass is 32.1. The summed E-state index contributed by atoms with van der Waals surface area (Å²) in [5.41, 5.74) is 0.0699. The minimum atomic E-state index is -0.710. The molecule has 1 amide bonds. The number of nitrogens with zero attached hydrogens (tertiary/aromatic N) is 8. The van der Waals surface area contributed by atoms with E-state index in [1.54, 1.807) is 17.3 Å². The van der Waals surface area contributed by atoms with Crippen LogP contribution in [0.25, 0.3) is 0 Å². The number of hydrogen-bond donors (Lipinski definition) is 0. The molecule has 12 nitrogen and oxygen atoms in total. The molecule has 0 aromatic carbocycles. The summed E-state index contributed by atoms with van der Waals surface area (Å²) in [5, 5.41) is 10.8. The number of ketones is 1. The number of Topliss-reactive ketones (excluding diaryl/α,β-unsaturated/α-hetero) is 1. The number of carbonyl (C=O) groups is 2. The zero-order valence-electron chi connectivity index (χ0n) is 31.7. The van der Waals surface area contributed by atoms with Crippen LogP contribution in [0.15, 0.2) is 11.1 Å². The Morgan fingerprint density at radius 1 is 1.20 bits per heavy atom. The number of likely N-dealkylation sites (tertiary alicyclic amines) is 1. The van der Waals surface area contributed by atoms with Crippen molar-refractivity contribution < 1.29 is 19.1 Å². The molecule has 51 heavy (non-hydrogen) atoms. The fourth-order valence-corrected chi connectivity index (χ4v) is 8.67. The van der Waals surface area contributed by atoms with Gasteiger partial charge in [0.05, 0.1) is 29.4 Å². The molecule has 5 rings (SSSR count). The molecule has 2 saturated heterocycles. The van der Waals surface area contributed by atoms with Gasteiger partial charge in [0.1, 0.15) is 28.6 Å². The third-order valence-electron chi connectivity index (χ3n) is 9.73. The molecule has 2 fully saturated rings. The molecule has 5 atom stereocenters. The van der Waals surface area contributed by atoms with Gasteiger partial charge in [-0.2, -0.15) is 10.2 Å². The summed E-state index contributed by atoms with van der Waals surface area (Å²) in [6, 6.07) is 4.02. The zero-order chi connectivity index (χ0) is 37.2. The van der Waals surface area contributed by atoms with Gasteiger partial charge in [0, 0.05) is 49.7 Å². The molecule has 1 aliphatic carbocycles. The molecule has 274 valence electrons. The van der Waals surface area contributed by atoms with Crippen molar-refractivity contribution in [2.45, 2.75) is 116 Å². The van der Waals surface area contributed by atoms with E-state index in [0.717, 1.165) is 42.7 Å². The summed E-state index contributed by atoms with van der Waals surface area (Å²) in [5.74, 6) is 6.43. The quantitative estimate of drug-likeness (QED) is 0.114. The van der Waals surface area contributed by atoms with Crippen LogP contribution in [0, 0.1) is 23.2 Å². The topological polar surface area (TPSA) is 127 Å². The van der Waals surface area contributed by atoms with Crippen LogP contribution in [0.1, 0.15) is 101 Å². The van der Waals surface area contributed by atoms with E-state index < -0.39 is 16.8 Å². The summed E-state index contributed by atoms with van der Waals surface area (Å²) in [6.45, 7) is 15.5. The third-order valence-corrected chi connectivity index (χ3v) is 10.9. The van der Waals surface area contributed by atoms with E-state index in [9.17, 15) is 14.9 Å². The Morgan fingerprint density at radius 3 is 2.51 bits per heavy atom. The summed E-state index contributed by atoms with van der Waals surface area (Å²) >= 11 is 1.52. The number of aromatic nitrogens is 2. The standard InChI is InChI=1S/C38H52N8O4S/c1-24-21-45(22-25(2)46(24)36(48)50-37(4,5)6)31-19-32(49-26(3)28-13-12-18-44(28)10)42-34(41-31)29(47)15-17-38(7)16-11-14-30-33(38)27(20-39)35(51-30)40-23-43(8)9/h19,23-26,28H,11-14,16,18,21-22H2,1-10H3/t24-,25+,26-,28-,38+/m0/s1. The molecule has 0 unspecified atom stereocenters. The summed E-state index contributed by atoms with van der Waals surface area (Å²) < 4.78 is 12.1. The van der Waals surface area contributed by atoms with Gasteiger partial charge in [0.25, 0.3) is 5.78 Å². The number of aliphatic imine (C=N–C) groups is 1. The second-order valence-electron chi connectivity index (χ2n) is 15.6. The van der Waals surface area contributed by atoms with Crippen molar-refractivity contribution in [2.24, 2.45) is 4.99 Å². The van der Waals surface area contributed by atoms with Crippen LogP contribution >= 0.6 is 11.3 Å². The molecule has 0 saturated carbocycles. The van der Waals surface area contributed by atoms with Crippen LogP contribution in [-0.2, 0) is 16.6 Å². The fourth-order valence-electron chi connectivity index (χ4n) is 7.41. The van der Waals surface area contributed by atoms with E-state index in [0.29, 0.717) is 41.8 Å². The number of hydrogen-bond acceptors (Lipinski definition) is 11. The highest BCUT2D eigenvalue weighted by molar-refractivity contribution is 7.16. The monoisotopic (exact) mass is 716 g/mol. The van der Waals surface area contributed by atoms with Crippen molar-refractivity contribution in [3.8, 4) is 23.8 Å². The first-order chi connectivity index (χ1) is 24.0.